The normalized spacial score (nSPS) is 13.8. The number of carbonyl (C=O) groups is 1. The van der Waals surface area contributed by atoms with Crippen LogP contribution in [0.15, 0.2) is 5.38 Å². The van der Waals surface area contributed by atoms with Crippen molar-refractivity contribution in [2.75, 3.05) is 13.1 Å². The SMILES string of the molecule is CC(C)(C)c1nc(CCNC(=O)NCC(O)C(C)(C)C)cs1. The highest BCUT2D eigenvalue weighted by Gasteiger charge is 2.22. The van der Waals surface area contributed by atoms with Gasteiger partial charge in [0.25, 0.3) is 0 Å². The smallest absolute Gasteiger partial charge is 0.314 e. The Morgan fingerprint density at radius 2 is 1.91 bits per heavy atom. The monoisotopic (exact) mass is 327 g/mol. The Morgan fingerprint density at radius 3 is 2.41 bits per heavy atom. The van der Waals surface area contributed by atoms with Gasteiger partial charge in [-0.25, -0.2) is 9.78 Å². The van der Waals surface area contributed by atoms with Crippen molar-refractivity contribution < 1.29 is 9.90 Å². The average Bonchev–Trinajstić information content (AvgIpc) is 2.83. The molecule has 0 aliphatic carbocycles. The number of aliphatic hydroxyl groups is 1. The lowest BCUT2D eigenvalue weighted by Gasteiger charge is -2.25. The van der Waals surface area contributed by atoms with E-state index in [4.69, 9.17) is 0 Å². The van der Waals surface area contributed by atoms with Crippen molar-refractivity contribution in [3.05, 3.63) is 16.1 Å². The summed E-state index contributed by atoms with van der Waals surface area (Å²) in [5, 5.41) is 18.5. The van der Waals surface area contributed by atoms with Gasteiger partial charge in [0.15, 0.2) is 0 Å². The molecule has 1 unspecified atom stereocenters. The highest BCUT2D eigenvalue weighted by molar-refractivity contribution is 7.09. The molecule has 1 atom stereocenters. The van der Waals surface area contributed by atoms with Crippen LogP contribution in [0.4, 0.5) is 4.79 Å². The molecule has 5 nitrogen and oxygen atoms in total. The molecule has 0 saturated heterocycles. The summed E-state index contributed by atoms with van der Waals surface area (Å²) in [6, 6.07) is -0.255. The topological polar surface area (TPSA) is 74.2 Å². The van der Waals surface area contributed by atoms with Crippen molar-refractivity contribution in [1.82, 2.24) is 15.6 Å². The Kier molecular flexibility index (Phi) is 6.38. The Morgan fingerprint density at radius 1 is 1.27 bits per heavy atom. The van der Waals surface area contributed by atoms with E-state index in [1.807, 2.05) is 26.2 Å². The molecule has 0 spiro atoms. The first-order valence-corrected chi connectivity index (χ1v) is 8.53. The summed E-state index contributed by atoms with van der Waals surface area (Å²) >= 11 is 1.66. The van der Waals surface area contributed by atoms with Crippen molar-refractivity contribution in [2.45, 2.75) is 59.5 Å². The number of nitrogens with zero attached hydrogens (tertiary/aromatic N) is 1. The zero-order chi connectivity index (χ0) is 17.0. The molecule has 0 fully saturated rings. The van der Waals surface area contributed by atoms with Gasteiger partial charge in [0.05, 0.1) is 16.8 Å². The first-order valence-electron chi connectivity index (χ1n) is 7.65. The number of rotatable bonds is 5. The minimum absolute atomic E-state index is 0.0663. The molecule has 126 valence electrons. The second-order valence-electron chi connectivity index (χ2n) is 7.66. The Hall–Kier alpha value is -1.14. The van der Waals surface area contributed by atoms with E-state index in [0.717, 1.165) is 10.7 Å². The fourth-order valence-corrected chi connectivity index (χ4v) is 2.57. The van der Waals surface area contributed by atoms with Crippen LogP contribution >= 0.6 is 11.3 Å². The van der Waals surface area contributed by atoms with Crippen molar-refractivity contribution >= 4 is 17.4 Å². The van der Waals surface area contributed by atoms with Crippen LogP contribution < -0.4 is 10.6 Å². The fraction of sp³-hybridized carbons (Fsp3) is 0.750. The number of thiazole rings is 1. The number of aromatic nitrogens is 1. The van der Waals surface area contributed by atoms with Gasteiger partial charge in [0.2, 0.25) is 0 Å². The highest BCUT2D eigenvalue weighted by atomic mass is 32.1. The van der Waals surface area contributed by atoms with E-state index in [1.165, 1.54) is 0 Å². The molecule has 1 aromatic rings. The number of hydrogen-bond donors (Lipinski definition) is 3. The predicted octanol–water partition coefficient (Wildman–Crippen LogP) is 2.69. The molecule has 6 heteroatoms. The van der Waals surface area contributed by atoms with Gasteiger partial charge in [0, 0.05) is 30.3 Å². The van der Waals surface area contributed by atoms with Gasteiger partial charge in [-0.05, 0) is 5.41 Å². The van der Waals surface area contributed by atoms with Crippen molar-refractivity contribution in [1.29, 1.82) is 0 Å². The van der Waals surface area contributed by atoms with Crippen LogP contribution in [0.2, 0.25) is 0 Å². The Bertz CT molecular complexity index is 486. The van der Waals surface area contributed by atoms with E-state index in [9.17, 15) is 9.90 Å². The number of carbonyl (C=O) groups excluding carboxylic acids is 1. The van der Waals surface area contributed by atoms with E-state index in [2.05, 4.69) is 36.4 Å². The van der Waals surface area contributed by atoms with Crippen LogP contribution in [0.5, 0.6) is 0 Å². The molecule has 1 heterocycles. The lowest BCUT2D eigenvalue weighted by molar-refractivity contribution is 0.0650. The Balaban J connectivity index is 2.30. The summed E-state index contributed by atoms with van der Waals surface area (Å²) < 4.78 is 0. The second-order valence-corrected chi connectivity index (χ2v) is 8.52. The summed E-state index contributed by atoms with van der Waals surface area (Å²) in [7, 11) is 0. The summed E-state index contributed by atoms with van der Waals surface area (Å²) in [4.78, 5) is 16.3. The van der Waals surface area contributed by atoms with Crippen LogP contribution in [0, 0.1) is 5.41 Å². The molecule has 1 aromatic heterocycles. The van der Waals surface area contributed by atoms with Gasteiger partial charge in [-0.1, -0.05) is 41.5 Å². The van der Waals surface area contributed by atoms with Crippen molar-refractivity contribution in [2.24, 2.45) is 5.41 Å². The van der Waals surface area contributed by atoms with Gasteiger partial charge in [-0.2, -0.15) is 0 Å². The third kappa shape index (κ3) is 6.32. The summed E-state index contributed by atoms with van der Waals surface area (Å²) in [6.45, 7) is 13.0. The molecule has 3 N–H and O–H groups in total. The largest absolute Gasteiger partial charge is 0.391 e. The standard InChI is InChI=1S/C16H29N3O2S/c1-15(2,3)12(20)9-18-14(21)17-8-7-11-10-22-13(19-11)16(4,5)6/h10,12,20H,7-9H2,1-6H3,(H2,17,18,21). The van der Waals surface area contributed by atoms with Gasteiger partial charge >= 0.3 is 6.03 Å². The maximum atomic E-state index is 11.7. The quantitative estimate of drug-likeness (QED) is 0.778. The average molecular weight is 327 g/mol. The second kappa shape index (κ2) is 7.42. The number of amides is 2. The van der Waals surface area contributed by atoms with E-state index < -0.39 is 6.10 Å². The number of hydrogen-bond acceptors (Lipinski definition) is 4. The molecule has 0 aliphatic rings. The van der Waals surface area contributed by atoms with Crippen LogP contribution in [-0.2, 0) is 11.8 Å². The van der Waals surface area contributed by atoms with Gasteiger partial charge < -0.3 is 15.7 Å². The molecular formula is C16H29N3O2S. The number of urea groups is 1. The first-order chi connectivity index (χ1) is 10.00. The molecule has 0 aliphatic heterocycles. The number of aliphatic hydroxyl groups excluding tert-OH is 1. The zero-order valence-electron chi connectivity index (χ0n) is 14.5. The lowest BCUT2D eigenvalue weighted by atomic mass is 9.89. The molecule has 1 rings (SSSR count). The lowest BCUT2D eigenvalue weighted by Crippen LogP contribution is -2.44. The predicted molar refractivity (Wildman–Crippen MR) is 91.4 cm³/mol. The van der Waals surface area contributed by atoms with Crippen molar-refractivity contribution in [3.8, 4) is 0 Å². The molecule has 0 bridgehead atoms. The van der Waals surface area contributed by atoms with Gasteiger partial charge in [0.1, 0.15) is 0 Å². The molecule has 2 amide bonds. The Labute approximate surface area is 137 Å². The van der Waals surface area contributed by atoms with E-state index >= 15 is 0 Å². The minimum Gasteiger partial charge on any atom is -0.391 e. The maximum absolute atomic E-state index is 11.7. The van der Waals surface area contributed by atoms with Gasteiger partial charge in [-0.15, -0.1) is 11.3 Å². The summed E-state index contributed by atoms with van der Waals surface area (Å²) in [6.07, 6.45) is 0.146. The molecular weight excluding hydrogens is 298 g/mol. The maximum Gasteiger partial charge on any atom is 0.314 e. The third-order valence-electron chi connectivity index (χ3n) is 3.32. The summed E-state index contributed by atoms with van der Waals surface area (Å²) in [5.74, 6) is 0. The molecule has 0 aromatic carbocycles. The van der Waals surface area contributed by atoms with Crippen LogP contribution in [0.25, 0.3) is 0 Å². The van der Waals surface area contributed by atoms with E-state index in [-0.39, 0.29) is 23.4 Å². The zero-order valence-corrected chi connectivity index (χ0v) is 15.3. The first kappa shape index (κ1) is 18.9. The fourth-order valence-electron chi connectivity index (χ4n) is 1.63. The van der Waals surface area contributed by atoms with Crippen LogP contribution in [-0.4, -0.2) is 35.3 Å². The highest BCUT2D eigenvalue weighted by Crippen LogP contribution is 2.25. The molecule has 0 radical (unpaired) electrons. The van der Waals surface area contributed by atoms with Crippen molar-refractivity contribution in [3.63, 3.8) is 0 Å². The van der Waals surface area contributed by atoms with E-state index in [1.54, 1.807) is 11.3 Å². The van der Waals surface area contributed by atoms with E-state index in [0.29, 0.717) is 13.0 Å². The van der Waals surface area contributed by atoms with Crippen LogP contribution in [0.1, 0.15) is 52.2 Å². The molecule has 0 saturated carbocycles. The number of nitrogens with one attached hydrogen (secondary N) is 2. The molecule has 22 heavy (non-hydrogen) atoms. The minimum atomic E-state index is -0.564. The van der Waals surface area contributed by atoms with Crippen LogP contribution in [0.3, 0.4) is 0 Å². The summed E-state index contributed by atoms with van der Waals surface area (Å²) in [5.41, 5.74) is 0.832. The van der Waals surface area contributed by atoms with Gasteiger partial charge in [-0.3, -0.25) is 0 Å². The third-order valence-corrected chi connectivity index (χ3v) is 4.63.